The lowest BCUT2D eigenvalue weighted by molar-refractivity contribution is 0.254. The normalized spacial score (nSPS) is 23.1. The van der Waals surface area contributed by atoms with E-state index in [4.69, 9.17) is 5.73 Å². The first-order chi connectivity index (χ1) is 7.96. The lowest BCUT2D eigenvalue weighted by Gasteiger charge is -2.23. The molecule has 0 unspecified atom stereocenters. The van der Waals surface area contributed by atoms with Crippen LogP contribution in [0, 0.1) is 0 Å². The molecule has 0 bridgehead atoms. The summed E-state index contributed by atoms with van der Waals surface area (Å²) in [5, 5.41) is 0. The number of nitrogens with two attached hydrogens (primary N) is 1. The van der Waals surface area contributed by atoms with Crippen LogP contribution in [0.5, 0.6) is 0 Å². The lowest BCUT2D eigenvalue weighted by Crippen LogP contribution is -2.32. The summed E-state index contributed by atoms with van der Waals surface area (Å²) >= 11 is 0. The minimum Gasteiger partial charge on any atom is -0.399 e. The molecule has 0 aliphatic carbocycles. The molecule has 1 aliphatic heterocycles. The van der Waals surface area contributed by atoms with E-state index in [1.54, 1.807) is 0 Å². The van der Waals surface area contributed by atoms with Crippen molar-refractivity contribution >= 4 is 15.5 Å². The van der Waals surface area contributed by atoms with E-state index < -0.39 is 9.84 Å². The highest BCUT2D eigenvalue weighted by molar-refractivity contribution is 7.91. The van der Waals surface area contributed by atoms with Crippen LogP contribution in [-0.2, 0) is 16.4 Å². The third-order valence-electron chi connectivity index (χ3n) is 3.24. The maximum atomic E-state index is 11.4. The van der Waals surface area contributed by atoms with Gasteiger partial charge in [-0.1, -0.05) is 12.1 Å². The summed E-state index contributed by atoms with van der Waals surface area (Å²) in [4.78, 5) is 2.11. The lowest BCUT2D eigenvalue weighted by atomic mass is 10.1. The smallest absolute Gasteiger partial charge is 0.151 e. The Hall–Kier alpha value is -1.07. The molecule has 2 rings (SSSR count). The Bertz CT molecular complexity index is 482. The molecule has 0 amide bonds. The fraction of sp³-hybridized carbons (Fsp3) is 0.500. The highest BCUT2D eigenvalue weighted by Gasteiger charge is 2.30. The first-order valence-corrected chi connectivity index (χ1v) is 7.53. The van der Waals surface area contributed by atoms with Crippen LogP contribution in [0.2, 0.25) is 0 Å². The van der Waals surface area contributed by atoms with Gasteiger partial charge < -0.3 is 5.73 Å². The van der Waals surface area contributed by atoms with Gasteiger partial charge >= 0.3 is 0 Å². The summed E-state index contributed by atoms with van der Waals surface area (Å²) < 4.78 is 22.8. The van der Waals surface area contributed by atoms with Gasteiger partial charge in [0.2, 0.25) is 0 Å². The first-order valence-electron chi connectivity index (χ1n) is 5.71. The Labute approximate surface area is 102 Å². The average molecular weight is 254 g/mol. The minimum atomic E-state index is -2.80. The van der Waals surface area contributed by atoms with Crippen molar-refractivity contribution in [1.29, 1.82) is 0 Å². The van der Waals surface area contributed by atoms with Gasteiger partial charge in [-0.15, -0.1) is 0 Å². The zero-order chi connectivity index (χ0) is 12.5. The van der Waals surface area contributed by atoms with Crippen LogP contribution < -0.4 is 5.73 Å². The van der Waals surface area contributed by atoms with Crippen LogP contribution in [0.15, 0.2) is 24.3 Å². The number of anilines is 1. The molecule has 94 valence electrons. The fourth-order valence-corrected chi connectivity index (χ4v) is 3.97. The van der Waals surface area contributed by atoms with E-state index in [0.29, 0.717) is 11.5 Å². The predicted molar refractivity (Wildman–Crippen MR) is 69.4 cm³/mol. The molecule has 17 heavy (non-hydrogen) atoms. The molecule has 2 N–H and O–H groups in total. The van der Waals surface area contributed by atoms with Crippen molar-refractivity contribution in [2.75, 3.05) is 24.3 Å². The molecule has 1 saturated heterocycles. The van der Waals surface area contributed by atoms with Gasteiger partial charge in [0.15, 0.2) is 9.84 Å². The van der Waals surface area contributed by atoms with Crippen LogP contribution in [0.3, 0.4) is 0 Å². The molecule has 0 radical (unpaired) electrons. The van der Waals surface area contributed by atoms with Gasteiger partial charge in [0.1, 0.15) is 0 Å². The molecule has 5 heteroatoms. The molecule has 0 saturated carbocycles. The van der Waals surface area contributed by atoms with Crippen molar-refractivity contribution in [3.63, 3.8) is 0 Å². The van der Waals surface area contributed by atoms with Crippen LogP contribution >= 0.6 is 0 Å². The molecule has 1 aromatic rings. The largest absolute Gasteiger partial charge is 0.399 e. The Kier molecular flexibility index (Phi) is 3.40. The number of sulfone groups is 1. The van der Waals surface area contributed by atoms with E-state index in [-0.39, 0.29) is 6.04 Å². The van der Waals surface area contributed by atoms with Crippen molar-refractivity contribution in [2.45, 2.75) is 19.0 Å². The third kappa shape index (κ3) is 3.20. The maximum absolute atomic E-state index is 11.4. The van der Waals surface area contributed by atoms with Crippen LogP contribution in [0.25, 0.3) is 0 Å². The number of nitrogen functional groups attached to an aromatic ring is 1. The number of hydrogen-bond acceptors (Lipinski definition) is 4. The second-order valence-electron chi connectivity index (χ2n) is 4.71. The third-order valence-corrected chi connectivity index (χ3v) is 4.99. The standard InChI is InChI=1S/C12H18N2O2S/c1-14(12-6-7-17(15,16)9-12)8-10-2-4-11(13)5-3-10/h2-5,12H,6-9,13H2,1H3/t12-/m1/s1. The average Bonchev–Trinajstić information content (AvgIpc) is 2.62. The summed E-state index contributed by atoms with van der Waals surface area (Å²) in [6.07, 6.45) is 0.744. The van der Waals surface area contributed by atoms with Gasteiger partial charge in [-0.3, -0.25) is 4.90 Å². The predicted octanol–water partition coefficient (Wildman–Crippen LogP) is 0.888. The highest BCUT2D eigenvalue weighted by Crippen LogP contribution is 2.18. The summed E-state index contributed by atoms with van der Waals surface area (Å²) in [7, 11) is -0.827. The Morgan fingerprint density at radius 1 is 1.35 bits per heavy atom. The molecule has 0 spiro atoms. The van der Waals surface area contributed by atoms with E-state index in [1.807, 2.05) is 31.3 Å². The first kappa shape index (κ1) is 12.4. The van der Waals surface area contributed by atoms with Crippen molar-refractivity contribution in [3.8, 4) is 0 Å². The van der Waals surface area contributed by atoms with Gasteiger partial charge in [0, 0.05) is 18.3 Å². The van der Waals surface area contributed by atoms with Gasteiger partial charge in [-0.05, 0) is 31.2 Å². The van der Waals surface area contributed by atoms with Gasteiger partial charge in [0.05, 0.1) is 11.5 Å². The zero-order valence-corrected chi connectivity index (χ0v) is 10.8. The van der Waals surface area contributed by atoms with Crippen molar-refractivity contribution in [1.82, 2.24) is 4.90 Å². The zero-order valence-electron chi connectivity index (χ0n) is 9.96. The molecule has 1 atom stereocenters. The highest BCUT2D eigenvalue weighted by atomic mass is 32.2. The number of nitrogens with zero attached hydrogens (tertiary/aromatic N) is 1. The number of rotatable bonds is 3. The molecule has 1 aliphatic rings. The van der Waals surface area contributed by atoms with E-state index in [9.17, 15) is 8.42 Å². The van der Waals surface area contributed by atoms with E-state index in [2.05, 4.69) is 4.90 Å². The quantitative estimate of drug-likeness (QED) is 0.814. The molecule has 1 fully saturated rings. The molecular formula is C12H18N2O2S. The van der Waals surface area contributed by atoms with Gasteiger partial charge in [0.25, 0.3) is 0 Å². The Morgan fingerprint density at radius 3 is 2.53 bits per heavy atom. The van der Waals surface area contributed by atoms with Gasteiger partial charge in [-0.25, -0.2) is 8.42 Å². The van der Waals surface area contributed by atoms with Crippen molar-refractivity contribution < 1.29 is 8.42 Å². The maximum Gasteiger partial charge on any atom is 0.151 e. The second-order valence-corrected chi connectivity index (χ2v) is 6.94. The summed E-state index contributed by atoms with van der Waals surface area (Å²) in [5.41, 5.74) is 7.53. The molecule has 1 aromatic carbocycles. The number of benzene rings is 1. The molecule has 1 heterocycles. The molecule has 0 aromatic heterocycles. The van der Waals surface area contributed by atoms with Crippen LogP contribution in [0.1, 0.15) is 12.0 Å². The second kappa shape index (κ2) is 4.66. The minimum absolute atomic E-state index is 0.151. The van der Waals surface area contributed by atoms with Crippen LogP contribution in [0.4, 0.5) is 5.69 Å². The summed E-state index contributed by atoms with van der Waals surface area (Å²) in [6.45, 7) is 0.764. The Morgan fingerprint density at radius 2 is 2.00 bits per heavy atom. The van der Waals surface area contributed by atoms with E-state index in [0.717, 1.165) is 24.2 Å². The SMILES string of the molecule is CN(Cc1ccc(N)cc1)[C@@H]1CCS(=O)(=O)C1. The molecular weight excluding hydrogens is 236 g/mol. The summed E-state index contributed by atoms with van der Waals surface area (Å²) in [5.74, 6) is 0.613. The van der Waals surface area contributed by atoms with Gasteiger partial charge in [-0.2, -0.15) is 0 Å². The van der Waals surface area contributed by atoms with Crippen molar-refractivity contribution in [2.24, 2.45) is 0 Å². The summed E-state index contributed by atoms with van der Waals surface area (Å²) in [6, 6.07) is 7.85. The topological polar surface area (TPSA) is 63.4 Å². The van der Waals surface area contributed by atoms with Crippen molar-refractivity contribution in [3.05, 3.63) is 29.8 Å². The monoisotopic (exact) mass is 254 g/mol. The number of hydrogen-bond donors (Lipinski definition) is 1. The molecule has 4 nitrogen and oxygen atoms in total. The fourth-order valence-electron chi connectivity index (χ4n) is 2.16. The van der Waals surface area contributed by atoms with E-state index >= 15 is 0 Å². The Balaban J connectivity index is 1.98. The van der Waals surface area contributed by atoms with Crippen LogP contribution in [-0.4, -0.2) is 37.9 Å². The van der Waals surface area contributed by atoms with E-state index in [1.165, 1.54) is 0 Å².